The molecule has 1 saturated heterocycles. The lowest BCUT2D eigenvalue weighted by Crippen LogP contribution is -2.46. The van der Waals surface area contributed by atoms with Gasteiger partial charge in [0.1, 0.15) is 5.76 Å². The fourth-order valence-electron chi connectivity index (χ4n) is 3.58. The molecule has 29 heavy (non-hydrogen) atoms. The summed E-state index contributed by atoms with van der Waals surface area (Å²) in [5.41, 5.74) is 0.659. The molecular formula is C19H25ClN4O5. The van der Waals surface area contributed by atoms with E-state index in [-0.39, 0.29) is 47.5 Å². The van der Waals surface area contributed by atoms with Gasteiger partial charge in [0.05, 0.1) is 11.8 Å². The smallest absolute Gasteiger partial charge is 0.358 e. The molecule has 3 rings (SSSR count). The molecule has 2 N–H and O–H groups in total. The number of aromatic nitrogens is 3. The van der Waals surface area contributed by atoms with Crippen LogP contribution in [0.2, 0.25) is 5.15 Å². The van der Waals surface area contributed by atoms with Crippen LogP contribution in [0.25, 0.3) is 0 Å². The first-order valence-corrected chi connectivity index (χ1v) is 10.1. The molecule has 0 unspecified atom stereocenters. The number of imidazole rings is 1. The van der Waals surface area contributed by atoms with E-state index < -0.39 is 5.97 Å². The third-order valence-corrected chi connectivity index (χ3v) is 5.44. The van der Waals surface area contributed by atoms with Crippen molar-refractivity contribution in [2.45, 2.75) is 46.1 Å². The molecule has 2 atom stereocenters. The number of piperidine rings is 1. The molecule has 1 aliphatic heterocycles. The number of ketones is 1. The van der Waals surface area contributed by atoms with Gasteiger partial charge in [-0.25, -0.2) is 9.78 Å². The maximum atomic E-state index is 12.7. The fraction of sp³-hybridized carbons (Fsp3) is 0.579. The van der Waals surface area contributed by atoms with Crippen LogP contribution < -0.4 is 4.90 Å². The highest BCUT2D eigenvalue weighted by molar-refractivity contribution is 6.30. The maximum Gasteiger partial charge on any atom is 0.358 e. The lowest BCUT2D eigenvalue weighted by atomic mass is 9.89. The number of hydrogen-bond donors (Lipinski definition) is 2. The van der Waals surface area contributed by atoms with E-state index in [2.05, 4.69) is 15.0 Å². The van der Waals surface area contributed by atoms with Crippen LogP contribution in [0.5, 0.6) is 0 Å². The Morgan fingerprint density at radius 3 is 2.72 bits per heavy atom. The van der Waals surface area contributed by atoms with Gasteiger partial charge >= 0.3 is 5.97 Å². The van der Waals surface area contributed by atoms with Gasteiger partial charge in [-0.05, 0) is 32.6 Å². The number of oxazole rings is 1. The molecule has 0 aliphatic carbocycles. The largest absolute Gasteiger partial charge is 0.476 e. The summed E-state index contributed by atoms with van der Waals surface area (Å²) in [6.07, 6.45) is 1.42. The van der Waals surface area contributed by atoms with E-state index in [9.17, 15) is 14.7 Å². The van der Waals surface area contributed by atoms with Crippen molar-refractivity contribution >= 4 is 29.4 Å². The van der Waals surface area contributed by atoms with Crippen molar-refractivity contribution in [1.29, 1.82) is 0 Å². The van der Waals surface area contributed by atoms with E-state index in [4.69, 9.17) is 20.8 Å². The number of hydrogen-bond acceptors (Lipinski definition) is 7. The van der Waals surface area contributed by atoms with Gasteiger partial charge in [-0.2, -0.15) is 4.98 Å². The normalized spacial score (nSPS) is 19.5. The van der Waals surface area contributed by atoms with Crippen LogP contribution in [0.1, 0.15) is 59.3 Å². The molecule has 3 heterocycles. The summed E-state index contributed by atoms with van der Waals surface area (Å²) in [7, 11) is 0. The average Bonchev–Trinajstić information content (AvgIpc) is 3.26. The number of Topliss-reactive ketones (excluding diaryl/α,β-unsaturated/α-hetero) is 1. The molecule has 2 aromatic heterocycles. The van der Waals surface area contributed by atoms with Crippen LogP contribution in [-0.4, -0.2) is 57.6 Å². The monoisotopic (exact) mass is 424 g/mol. The molecule has 1 aliphatic rings. The highest BCUT2D eigenvalue weighted by Crippen LogP contribution is 2.29. The van der Waals surface area contributed by atoms with Crippen molar-refractivity contribution in [3.8, 4) is 0 Å². The molecule has 2 aromatic rings. The van der Waals surface area contributed by atoms with Crippen LogP contribution in [0.4, 0.5) is 6.01 Å². The van der Waals surface area contributed by atoms with Gasteiger partial charge in [0.2, 0.25) is 0 Å². The standard InChI is InChI=1S/C19H25ClN4O5/c1-4-12-16(20)23-17(21-12)13(25)8-11-6-7-24(9-14(11)28-5-2)19-22-15(18(26)27)10(3)29-19/h11,14H,4-9H2,1-3H3,(H,21,23)(H,26,27)/t11-,14-/m0/s1. The number of H-pyrrole nitrogens is 1. The molecular weight excluding hydrogens is 400 g/mol. The SMILES string of the molecule is CCO[C@H]1CN(c2nc(C(=O)O)c(C)o2)CC[C@H]1CC(=O)c1nc(Cl)c(CC)[nH]1. The van der Waals surface area contributed by atoms with Crippen LogP contribution in [0, 0.1) is 12.8 Å². The molecule has 9 nitrogen and oxygen atoms in total. The Kier molecular flexibility index (Phi) is 6.59. The summed E-state index contributed by atoms with van der Waals surface area (Å²) >= 11 is 6.05. The van der Waals surface area contributed by atoms with Gasteiger partial charge in [0.25, 0.3) is 6.01 Å². The Morgan fingerprint density at radius 2 is 2.14 bits per heavy atom. The van der Waals surface area contributed by atoms with Crippen LogP contribution in [0.3, 0.4) is 0 Å². The van der Waals surface area contributed by atoms with E-state index in [0.29, 0.717) is 37.7 Å². The van der Waals surface area contributed by atoms with E-state index in [1.165, 1.54) is 0 Å². The van der Waals surface area contributed by atoms with Gasteiger partial charge in [0.15, 0.2) is 22.5 Å². The van der Waals surface area contributed by atoms with E-state index >= 15 is 0 Å². The number of carboxylic acids is 1. The highest BCUT2D eigenvalue weighted by Gasteiger charge is 2.34. The number of rotatable bonds is 8. The zero-order valence-electron chi connectivity index (χ0n) is 16.7. The quantitative estimate of drug-likeness (QED) is 0.620. The molecule has 0 bridgehead atoms. The Morgan fingerprint density at radius 1 is 1.38 bits per heavy atom. The first kappa shape index (κ1) is 21.3. The summed E-state index contributed by atoms with van der Waals surface area (Å²) < 4.78 is 11.4. The number of aryl methyl sites for hydroxylation is 2. The summed E-state index contributed by atoms with van der Waals surface area (Å²) in [5.74, 6) is -0.682. The van der Waals surface area contributed by atoms with Crippen molar-refractivity contribution in [3.63, 3.8) is 0 Å². The van der Waals surface area contributed by atoms with E-state index in [1.54, 1.807) is 6.92 Å². The Hall–Kier alpha value is -2.39. The van der Waals surface area contributed by atoms with Crippen LogP contribution in [-0.2, 0) is 11.2 Å². The summed E-state index contributed by atoms with van der Waals surface area (Å²) in [5, 5.41) is 9.51. The van der Waals surface area contributed by atoms with Crippen molar-refractivity contribution < 1.29 is 23.8 Å². The predicted molar refractivity (Wildman–Crippen MR) is 106 cm³/mol. The van der Waals surface area contributed by atoms with Gasteiger partial charge in [0, 0.05) is 26.1 Å². The molecule has 0 aromatic carbocycles. The number of carboxylic acid groups (broad SMARTS) is 1. The maximum absolute atomic E-state index is 12.7. The van der Waals surface area contributed by atoms with E-state index in [0.717, 1.165) is 5.69 Å². The minimum absolute atomic E-state index is 0.00246. The van der Waals surface area contributed by atoms with Crippen molar-refractivity contribution in [1.82, 2.24) is 15.0 Å². The first-order valence-electron chi connectivity index (χ1n) is 9.68. The number of nitrogens with zero attached hydrogens (tertiary/aromatic N) is 3. The van der Waals surface area contributed by atoms with Crippen molar-refractivity contribution in [3.05, 3.63) is 28.1 Å². The number of halogens is 1. The van der Waals surface area contributed by atoms with E-state index in [1.807, 2.05) is 18.7 Å². The second-order valence-corrected chi connectivity index (χ2v) is 7.39. The van der Waals surface area contributed by atoms with Gasteiger partial charge in [-0.1, -0.05) is 18.5 Å². The number of anilines is 1. The van der Waals surface area contributed by atoms with Crippen LogP contribution >= 0.6 is 11.6 Å². The molecule has 0 radical (unpaired) electrons. The lowest BCUT2D eigenvalue weighted by Gasteiger charge is -2.37. The molecule has 0 saturated carbocycles. The number of carbonyl (C=O) groups is 2. The van der Waals surface area contributed by atoms with Crippen molar-refractivity contribution in [2.24, 2.45) is 5.92 Å². The Labute approximate surface area is 173 Å². The van der Waals surface area contributed by atoms with Gasteiger partial charge in [-0.3, -0.25) is 4.79 Å². The second kappa shape index (κ2) is 8.96. The Balaban J connectivity index is 1.70. The number of nitrogens with one attached hydrogen (secondary N) is 1. The number of aromatic carboxylic acids is 1. The topological polar surface area (TPSA) is 122 Å². The minimum atomic E-state index is -1.12. The van der Waals surface area contributed by atoms with Crippen molar-refractivity contribution in [2.75, 3.05) is 24.6 Å². The summed E-state index contributed by atoms with van der Waals surface area (Å²) in [4.78, 5) is 37.0. The molecule has 1 fully saturated rings. The predicted octanol–water partition coefficient (Wildman–Crippen LogP) is 3.12. The summed E-state index contributed by atoms with van der Waals surface area (Å²) in [6.45, 7) is 6.96. The molecule has 158 valence electrons. The number of carbonyl (C=O) groups excluding carboxylic acids is 1. The zero-order valence-corrected chi connectivity index (χ0v) is 17.5. The first-order chi connectivity index (χ1) is 13.8. The molecule has 0 spiro atoms. The fourth-order valence-corrected chi connectivity index (χ4v) is 3.85. The summed E-state index contributed by atoms with van der Waals surface area (Å²) in [6, 6.07) is 0.264. The Bertz CT molecular complexity index is 893. The third-order valence-electron chi connectivity index (χ3n) is 5.13. The van der Waals surface area contributed by atoms with Crippen LogP contribution in [0.15, 0.2) is 4.42 Å². The van der Waals surface area contributed by atoms with Gasteiger partial charge < -0.3 is 24.1 Å². The third kappa shape index (κ3) is 4.62. The molecule has 10 heteroatoms. The minimum Gasteiger partial charge on any atom is -0.476 e. The zero-order chi connectivity index (χ0) is 21.1. The second-order valence-electron chi connectivity index (χ2n) is 7.03. The number of ether oxygens (including phenoxy) is 1. The van der Waals surface area contributed by atoms with Gasteiger partial charge in [-0.15, -0.1) is 0 Å². The highest BCUT2D eigenvalue weighted by atomic mass is 35.5. The average molecular weight is 425 g/mol. The lowest BCUT2D eigenvalue weighted by molar-refractivity contribution is 0.00931. The number of aromatic amines is 1. The molecule has 0 amide bonds.